The number of carboxylic acids is 1. The average Bonchev–Trinajstić information content (AvgIpc) is 3.10. The molecule has 0 aromatic heterocycles. The van der Waals surface area contributed by atoms with Crippen LogP contribution in [0.25, 0.3) is 11.1 Å². The van der Waals surface area contributed by atoms with Crippen molar-refractivity contribution in [1.82, 2.24) is 10.6 Å². The molecule has 8 nitrogen and oxygen atoms in total. The first-order valence-corrected chi connectivity index (χ1v) is 11.6. The summed E-state index contributed by atoms with van der Waals surface area (Å²) in [5, 5.41) is 14.6. The fourth-order valence-electron chi connectivity index (χ4n) is 4.76. The van der Waals surface area contributed by atoms with E-state index in [1.807, 2.05) is 24.3 Å². The Kier molecular flexibility index (Phi) is 7.47. The highest BCUT2D eigenvalue weighted by molar-refractivity contribution is 5.84. The number of nitrogens with one attached hydrogen (secondary N) is 2. The van der Waals surface area contributed by atoms with Crippen molar-refractivity contribution in [3.63, 3.8) is 0 Å². The van der Waals surface area contributed by atoms with Gasteiger partial charge in [-0.2, -0.15) is 0 Å². The first-order chi connectivity index (χ1) is 16.5. The van der Waals surface area contributed by atoms with E-state index >= 15 is 0 Å². The second kappa shape index (κ2) is 10.7. The third kappa shape index (κ3) is 5.22. The number of hydrogen-bond acceptors (Lipinski definition) is 5. The van der Waals surface area contributed by atoms with Crippen molar-refractivity contribution < 1.29 is 29.0 Å². The van der Waals surface area contributed by atoms with E-state index in [1.165, 1.54) is 7.11 Å². The largest absolute Gasteiger partial charge is 0.480 e. The summed E-state index contributed by atoms with van der Waals surface area (Å²) in [5.74, 6) is -1.49. The Bertz CT molecular complexity index is 1010. The van der Waals surface area contributed by atoms with Crippen molar-refractivity contribution in [2.24, 2.45) is 5.92 Å². The number of fused-ring (bicyclic) bond motifs is 3. The van der Waals surface area contributed by atoms with E-state index in [4.69, 9.17) is 9.47 Å². The van der Waals surface area contributed by atoms with Crippen LogP contribution in [-0.4, -0.2) is 55.5 Å². The number of carboxylic acid groups (broad SMARTS) is 1. The predicted molar refractivity (Wildman–Crippen MR) is 125 cm³/mol. The number of aliphatic carboxylic acids is 1. The molecule has 2 aliphatic carbocycles. The minimum absolute atomic E-state index is 0.0116. The maximum Gasteiger partial charge on any atom is 0.407 e. The van der Waals surface area contributed by atoms with Gasteiger partial charge in [-0.25, -0.2) is 9.59 Å². The van der Waals surface area contributed by atoms with E-state index in [0.717, 1.165) is 41.5 Å². The van der Waals surface area contributed by atoms with Crippen molar-refractivity contribution in [3.05, 3.63) is 59.7 Å². The number of rotatable bonds is 10. The molecule has 0 spiro atoms. The Balaban J connectivity index is 1.37. The fourth-order valence-corrected chi connectivity index (χ4v) is 4.76. The van der Waals surface area contributed by atoms with Crippen molar-refractivity contribution in [2.45, 2.75) is 43.7 Å². The zero-order valence-corrected chi connectivity index (χ0v) is 19.2. The van der Waals surface area contributed by atoms with Gasteiger partial charge in [-0.3, -0.25) is 4.79 Å². The zero-order chi connectivity index (χ0) is 24.1. The molecule has 1 unspecified atom stereocenters. The van der Waals surface area contributed by atoms with Gasteiger partial charge >= 0.3 is 12.1 Å². The molecule has 3 N–H and O–H groups in total. The van der Waals surface area contributed by atoms with E-state index in [2.05, 4.69) is 34.9 Å². The van der Waals surface area contributed by atoms with Crippen LogP contribution in [0.15, 0.2) is 48.5 Å². The van der Waals surface area contributed by atoms with Crippen LogP contribution >= 0.6 is 0 Å². The molecule has 0 saturated heterocycles. The fraction of sp³-hybridized carbons (Fsp3) is 0.423. The highest BCUT2D eigenvalue weighted by atomic mass is 16.5. The van der Waals surface area contributed by atoms with Gasteiger partial charge in [0, 0.05) is 25.5 Å². The first-order valence-electron chi connectivity index (χ1n) is 11.6. The van der Waals surface area contributed by atoms with E-state index in [9.17, 15) is 19.5 Å². The highest BCUT2D eigenvalue weighted by Gasteiger charge is 2.33. The number of hydrogen-bond donors (Lipinski definition) is 3. The van der Waals surface area contributed by atoms with E-state index in [0.29, 0.717) is 0 Å². The van der Waals surface area contributed by atoms with Crippen molar-refractivity contribution in [1.29, 1.82) is 0 Å². The summed E-state index contributed by atoms with van der Waals surface area (Å²) in [4.78, 5) is 36.5. The maximum absolute atomic E-state index is 12.7. The lowest BCUT2D eigenvalue weighted by molar-refractivity contribution is -0.143. The second-order valence-corrected chi connectivity index (χ2v) is 8.89. The van der Waals surface area contributed by atoms with Gasteiger partial charge in [-0.05, 0) is 41.0 Å². The molecule has 0 radical (unpaired) electrons. The summed E-state index contributed by atoms with van der Waals surface area (Å²) in [6.07, 6.45) is 2.27. The smallest absolute Gasteiger partial charge is 0.407 e. The first kappa shape index (κ1) is 23.8. The standard InChI is InChI=1S/C26H30N2O6/c1-33-15-23(25(30)31)27-24(29)13-22(16-7-6-8-16)28-26(32)34-14-21-19-11-4-2-9-17(19)18-10-3-5-12-20(18)21/h2-5,9-12,16,21-23H,6-8,13-15H2,1H3,(H,27,29)(H,28,32)(H,30,31)/t22?,23-/m0/s1. The van der Waals surface area contributed by atoms with Crippen molar-refractivity contribution >= 4 is 18.0 Å². The van der Waals surface area contributed by atoms with Crippen LogP contribution in [0.4, 0.5) is 4.79 Å². The van der Waals surface area contributed by atoms with Crippen molar-refractivity contribution in [3.8, 4) is 11.1 Å². The maximum atomic E-state index is 12.7. The lowest BCUT2D eigenvalue weighted by Gasteiger charge is -2.34. The molecule has 0 aliphatic heterocycles. The summed E-state index contributed by atoms with van der Waals surface area (Å²) in [5.41, 5.74) is 4.56. The number of alkyl carbamates (subject to hydrolysis) is 1. The molecule has 1 fully saturated rings. The van der Waals surface area contributed by atoms with Crippen LogP contribution in [0, 0.1) is 5.92 Å². The lowest BCUT2D eigenvalue weighted by Crippen LogP contribution is -2.49. The van der Waals surface area contributed by atoms with Gasteiger partial charge in [-0.1, -0.05) is 55.0 Å². The van der Waals surface area contributed by atoms with Gasteiger partial charge in [0.25, 0.3) is 0 Å². The molecule has 0 heterocycles. The van der Waals surface area contributed by atoms with E-state index < -0.39 is 30.1 Å². The number of carbonyl (C=O) groups excluding carboxylic acids is 2. The minimum Gasteiger partial charge on any atom is -0.480 e. The normalized spacial score (nSPS) is 16.5. The molecule has 1 saturated carbocycles. The molecule has 34 heavy (non-hydrogen) atoms. The Morgan fingerprint density at radius 3 is 2.15 bits per heavy atom. The molecular formula is C26H30N2O6. The quantitative estimate of drug-likeness (QED) is 0.495. The van der Waals surface area contributed by atoms with E-state index in [-0.39, 0.29) is 31.5 Å². The van der Waals surface area contributed by atoms with Gasteiger partial charge in [0.15, 0.2) is 6.04 Å². The molecule has 2 atom stereocenters. The van der Waals surface area contributed by atoms with Gasteiger partial charge < -0.3 is 25.2 Å². The third-order valence-electron chi connectivity index (χ3n) is 6.74. The van der Waals surface area contributed by atoms with Gasteiger partial charge in [0.05, 0.1) is 6.61 Å². The Morgan fingerprint density at radius 1 is 1.00 bits per heavy atom. The Hall–Kier alpha value is -3.39. The van der Waals surface area contributed by atoms with Crippen LogP contribution in [-0.2, 0) is 19.1 Å². The monoisotopic (exact) mass is 466 g/mol. The molecule has 2 aliphatic rings. The number of methoxy groups -OCH3 is 1. The van der Waals surface area contributed by atoms with Crippen LogP contribution in [0.5, 0.6) is 0 Å². The van der Waals surface area contributed by atoms with Gasteiger partial charge in [0.2, 0.25) is 5.91 Å². The van der Waals surface area contributed by atoms with Crippen LogP contribution in [0.2, 0.25) is 0 Å². The molecule has 180 valence electrons. The molecule has 8 heteroatoms. The molecule has 4 rings (SSSR count). The van der Waals surface area contributed by atoms with Crippen LogP contribution in [0.1, 0.15) is 42.7 Å². The third-order valence-corrected chi connectivity index (χ3v) is 6.74. The summed E-state index contributed by atoms with van der Waals surface area (Å²) >= 11 is 0. The molecule has 2 amide bonds. The zero-order valence-electron chi connectivity index (χ0n) is 19.2. The van der Waals surface area contributed by atoms with E-state index in [1.54, 1.807) is 0 Å². The summed E-state index contributed by atoms with van der Waals surface area (Å²) in [7, 11) is 1.37. The summed E-state index contributed by atoms with van der Waals surface area (Å²) < 4.78 is 10.5. The topological polar surface area (TPSA) is 114 Å². The second-order valence-electron chi connectivity index (χ2n) is 8.89. The van der Waals surface area contributed by atoms with Gasteiger partial charge in [-0.15, -0.1) is 0 Å². The molecule has 0 bridgehead atoms. The number of carbonyl (C=O) groups is 3. The minimum atomic E-state index is -1.17. The predicted octanol–water partition coefficient (Wildman–Crippen LogP) is 3.30. The SMILES string of the molecule is COC[C@H](NC(=O)CC(NC(=O)OCC1c2ccccc2-c2ccccc21)C1CCC1)C(=O)O. The number of benzene rings is 2. The average molecular weight is 467 g/mol. The molecule has 2 aromatic carbocycles. The summed E-state index contributed by atoms with van der Waals surface area (Å²) in [6.45, 7) is 0.0628. The van der Waals surface area contributed by atoms with Crippen LogP contribution in [0.3, 0.4) is 0 Å². The van der Waals surface area contributed by atoms with Crippen molar-refractivity contribution in [2.75, 3.05) is 20.3 Å². The molecular weight excluding hydrogens is 436 g/mol. The lowest BCUT2D eigenvalue weighted by atomic mass is 9.78. The van der Waals surface area contributed by atoms with Gasteiger partial charge in [0.1, 0.15) is 6.61 Å². The highest BCUT2D eigenvalue weighted by Crippen LogP contribution is 2.44. The van der Waals surface area contributed by atoms with Crippen LogP contribution < -0.4 is 10.6 Å². The molecule has 2 aromatic rings. The number of amides is 2. The summed E-state index contributed by atoms with van der Waals surface area (Å²) in [6, 6.07) is 14.7. The number of ether oxygens (including phenoxy) is 2. The Labute approximate surface area is 198 Å². The Morgan fingerprint density at radius 2 is 1.62 bits per heavy atom.